The number of rotatable bonds is 0. The average molecular weight is 357 g/mol. The van der Waals surface area contributed by atoms with Gasteiger partial charge < -0.3 is 19.3 Å². The zero-order chi connectivity index (χ0) is 17.8. The fourth-order valence-corrected chi connectivity index (χ4v) is 5.33. The lowest BCUT2D eigenvalue weighted by atomic mass is 9.76. The molecule has 0 bridgehead atoms. The van der Waals surface area contributed by atoms with E-state index in [0.717, 1.165) is 50.4 Å². The van der Waals surface area contributed by atoms with E-state index >= 15 is 0 Å². The van der Waals surface area contributed by atoms with Crippen molar-refractivity contribution in [2.45, 2.75) is 37.8 Å². The molecule has 4 aliphatic rings. The van der Waals surface area contributed by atoms with Gasteiger partial charge in [0.25, 0.3) is 0 Å². The Balaban J connectivity index is 1.47. The number of ether oxygens (including phenoxy) is 2. The van der Waals surface area contributed by atoms with E-state index in [0.29, 0.717) is 24.8 Å². The quantitative estimate of drug-likeness (QED) is 0.716. The molecular formula is C20H27N3O3. The molecule has 0 aromatic heterocycles. The predicted molar refractivity (Wildman–Crippen MR) is 97.5 cm³/mol. The summed E-state index contributed by atoms with van der Waals surface area (Å²) in [7, 11) is 3.72. The van der Waals surface area contributed by atoms with Gasteiger partial charge in [0, 0.05) is 45.8 Å². The molecule has 0 aliphatic carbocycles. The van der Waals surface area contributed by atoms with Crippen LogP contribution in [0.5, 0.6) is 11.5 Å². The van der Waals surface area contributed by atoms with Crippen LogP contribution in [0.25, 0.3) is 0 Å². The second kappa shape index (κ2) is 6.05. The third kappa shape index (κ3) is 2.46. The first-order valence-electron chi connectivity index (χ1n) is 9.76. The number of fused-ring (bicyclic) bond motifs is 5. The number of piperidine rings is 2. The summed E-state index contributed by atoms with van der Waals surface area (Å²) in [6, 6.07) is 5.25. The largest absolute Gasteiger partial charge is 0.454 e. The zero-order valence-electron chi connectivity index (χ0n) is 15.6. The van der Waals surface area contributed by atoms with Crippen molar-refractivity contribution in [3.8, 4) is 11.5 Å². The Bertz CT molecular complexity index is 735. The summed E-state index contributed by atoms with van der Waals surface area (Å²) >= 11 is 0. The minimum absolute atomic E-state index is 0.162. The molecule has 4 heterocycles. The molecule has 0 spiro atoms. The molecule has 2 amide bonds. The van der Waals surface area contributed by atoms with Crippen molar-refractivity contribution in [1.82, 2.24) is 14.7 Å². The van der Waals surface area contributed by atoms with Crippen LogP contribution in [0.15, 0.2) is 12.1 Å². The summed E-state index contributed by atoms with van der Waals surface area (Å²) < 4.78 is 11.2. The fraction of sp³-hybridized carbons (Fsp3) is 0.650. The van der Waals surface area contributed by atoms with Gasteiger partial charge in [-0.15, -0.1) is 0 Å². The molecule has 1 aromatic rings. The van der Waals surface area contributed by atoms with Gasteiger partial charge in [-0.2, -0.15) is 0 Å². The SMILES string of the molecule is CN(C)C(=O)N1CCC[C@@H]2CN3CCc4cc5c(cc4[C@H]3C[C@@H]21)OCO5. The third-order valence-electron chi connectivity index (χ3n) is 6.58. The van der Waals surface area contributed by atoms with Gasteiger partial charge in [-0.1, -0.05) is 0 Å². The van der Waals surface area contributed by atoms with Gasteiger partial charge in [0.1, 0.15) is 0 Å². The minimum atomic E-state index is 0.162. The highest BCUT2D eigenvalue weighted by Crippen LogP contribution is 2.46. The lowest BCUT2D eigenvalue weighted by molar-refractivity contribution is 0.00106. The van der Waals surface area contributed by atoms with E-state index in [-0.39, 0.29) is 6.03 Å². The molecule has 1 aromatic carbocycles. The maximum absolute atomic E-state index is 12.7. The van der Waals surface area contributed by atoms with Crippen LogP contribution in [0.1, 0.15) is 36.4 Å². The number of likely N-dealkylation sites (tertiary alicyclic amines) is 1. The number of nitrogens with zero attached hydrogens (tertiary/aromatic N) is 3. The van der Waals surface area contributed by atoms with Crippen molar-refractivity contribution in [3.63, 3.8) is 0 Å². The summed E-state index contributed by atoms with van der Waals surface area (Å²) in [4.78, 5) is 19.2. The van der Waals surface area contributed by atoms with Crippen molar-refractivity contribution in [2.24, 2.45) is 5.92 Å². The Hall–Kier alpha value is -1.95. The van der Waals surface area contributed by atoms with Crippen molar-refractivity contribution in [1.29, 1.82) is 0 Å². The van der Waals surface area contributed by atoms with Gasteiger partial charge in [-0.3, -0.25) is 4.90 Å². The van der Waals surface area contributed by atoms with E-state index in [1.165, 1.54) is 17.5 Å². The smallest absolute Gasteiger partial charge is 0.319 e. The van der Waals surface area contributed by atoms with Crippen LogP contribution in [-0.2, 0) is 6.42 Å². The molecule has 2 saturated heterocycles. The molecule has 140 valence electrons. The molecule has 0 saturated carbocycles. The molecule has 26 heavy (non-hydrogen) atoms. The molecule has 6 heteroatoms. The number of amides is 2. The van der Waals surface area contributed by atoms with Crippen molar-refractivity contribution in [2.75, 3.05) is 40.5 Å². The lowest BCUT2D eigenvalue weighted by Gasteiger charge is -2.52. The Morgan fingerprint density at radius 2 is 2.00 bits per heavy atom. The highest BCUT2D eigenvalue weighted by Gasteiger charge is 2.44. The molecule has 3 atom stereocenters. The molecule has 5 rings (SSSR count). The number of urea groups is 1. The van der Waals surface area contributed by atoms with Crippen LogP contribution < -0.4 is 9.47 Å². The summed E-state index contributed by atoms with van der Waals surface area (Å²) in [6.45, 7) is 3.41. The van der Waals surface area contributed by atoms with Gasteiger partial charge in [-0.05, 0) is 54.9 Å². The molecule has 2 fully saturated rings. The van der Waals surface area contributed by atoms with E-state index in [2.05, 4.69) is 21.9 Å². The van der Waals surface area contributed by atoms with Gasteiger partial charge in [0.05, 0.1) is 0 Å². The van der Waals surface area contributed by atoms with E-state index in [9.17, 15) is 4.79 Å². The first-order chi connectivity index (χ1) is 12.6. The zero-order valence-corrected chi connectivity index (χ0v) is 15.6. The standard InChI is InChI=1S/C20H27N3O3/c1-21(2)20(24)23-6-3-4-14-11-22-7-5-13-8-18-19(26-12-25-18)9-15(13)17(22)10-16(14)23/h8-9,14,16-17H,3-7,10-12H2,1-2H3/t14-,16+,17-/m1/s1. The summed E-state index contributed by atoms with van der Waals surface area (Å²) in [5.41, 5.74) is 2.76. The van der Waals surface area contributed by atoms with Crippen LogP contribution in [0.3, 0.4) is 0 Å². The molecular weight excluding hydrogens is 330 g/mol. The third-order valence-corrected chi connectivity index (χ3v) is 6.58. The van der Waals surface area contributed by atoms with Crippen LogP contribution in [-0.4, -0.2) is 67.3 Å². The van der Waals surface area contributed by atoms with E-state index in [1.807, 2.05) is 14.1 Å². The molecule has 6 nitrogen and oxygen atoms in total. The van der Waals surface area contributed by atoms with Gasteiger partial charge in [0.15, 0.2) is 11.5 Å². The Morgan fingerprint density at radius 1 is 1.19 bits per heavy atom. The Labute approximate surface area is 154 Å². The Kier molecular flexibility index (Phi) is 3.78. The summed E-state index contributed by atoms with van der Waals surface area (Å²) in [5.74, 6) is 2.35. The monoisotopic (exact) mass is 357 g/mol. The number of hydrogen-bond acceptors (Lipinski definition) is 4. The van der Waals surface area contributed by atoms with E-state index < -0.39 is 0 Å². The van der Waals surface area contributed by atoms with Crippen molar-refractivity contribution < 1.29 is 14.3 Å². The topological polar surface area (TPSA) is 45.3 Å². The second-order valence-electron chi connectivity index (χ2n) is 8.24. The first-order valence-corrected chi connectivity index (χ1v) is 9.76. The average Bonchev–Trinajstić information content (AvgIpc) is 3.11. The molecule has 0 N–H and O–H groups in total. The van der Waals surface area contributed by atoms with Gasteiger partial charge >= 0.3 is 6.03 Å². The maximum atomic E-state index is 12.7. The highest BCUT2D eigenvalue weighted by molar-refractivity contribution is 5.74. The summed E-state index contributed by atoms with van der Waals surface area (Å²) in [6.07, 6.45) is 4.45. The minimum Gasteiger partial charge on any atom is -0.454 e. The second-order valence-corrected chi connectivity index (χ2v) is 8.24. The Morgan fingerprint density at radius 3 is 2.81 bits per heavy atom. The number of carbonyl (C=O) groups is 1. The van der Waals surface area contributed by atoms with Crippen LogP contribution >= 0.6 is 0 Å². The number of carbonyl (C=O) groups excluding carboxylic acids is 1. The number of benzene rings is 1. The van der Waals surface area contributed by atoms with Crippen LogP contribution in [0.2, 0.25) is 0 Å². The summed E-state index contributed by atoms with van der Waals surface area (Å²) in [5, 5.41) is 0. The normalized spacial score (nSPS) is 29.6. The molecule has 4 aliphatic heterocycles. The predicted octanol–water partition coefficient (Wildman–Crippen LogP) is 2.48. The van der Waals surface area contributed by atoms with Gasteiger partial charge in [0.2, 0.25) is 6.79 Å². The van der Waals surface area contributed by atoms with Crippen molar-refractivity contribution >= 4 is 6.03 Å². The van der Waals surface area contributed by atoms with Crippen LogP contribution in [0.4, 0.5) is 4.79 Å². The number of hydrogen-bond donors (Lipinski definition) is 0. The lowest BCUT2D eigenvalue weighted by Crippen LogP contribution is -2.59. The molecule has 0 unspecified atom stereocenters. The molecule has 0 radical (unpaired) electrons. The van der Waals surface area contributed by atoms with Crippen molar-refractivity contribution in [3.05, 3.63) is 23.3 Å². The highest BCUT2D eigenvalue weighted by atomic mass is 16.7. The van der Waals surface area contributed by atoms with Gasteiger partial charge in [-0.25, -0.2) is 4.79 Å². The fourth-order valence-electron chi connectivity index (χ4n) is 5.33. The van der Waals surface area contributed by atoms with Crippen LogP contribution in [0, 0.1) is 5.92 Å². The van der Waals surface area contributed by atoms with E-state index in [1.54, 1.807) is 4.90 Å². The first kappa shape index (κ1) is 16.2. The van der Waals surface area contributed by atoms with E-state index in [4.69, 9.17) is 9.47 Å². The maximum Gasteiger partial charge on any atom is 0.319 e.